The summed E-state index contributed by atoms with van der Waals surface area (Å²) in [6, 6.07) is 0. The molecule has 0 aromatic rings. The molecule has 0 aromatic carbocycles. The molecule has 0 saturated heterocycles. The number of ether oxygens (including phenoxy) is 6. The molecule has 4 rings (SSSR count). The third kappa shape index (κ3) is 6.15. The van der Waals surface area contributed by atoms with E-state index in [0.717, 1.165) is 31.3 Å². The zero-order valence-corrected chi connectivity index (χ0v) is 26.8. The first-order valence-electron chi connectivity index (χ1n) is 15.1. The summed E-state index contributed by atoms with van der Waals surface area (Å²) < 4.78 is 31.4. The summed E-state index contributed by atoms with van der Waals surface area (Å²) in [4.78, 5) is 37.2. The van der Waals surface area contributed by atoms with Crippen LogP contribution in [0.3, 0.4) is 0 Å². The molecule has 1 N–H and O–H groups in total. The lowest BCUT2D eigenvalue weighted by Crippen LogP contribution is -2.55. The van der Waals surface area contributed by atoms with Crippen molar-refractivity contribution in [2.45, 2.75) is 96.6 Å². The zero-order valence-electron chi connectivity index (χ0n) is 26.8. The van der Waals surface area contributed by atoms with Crippen molar-refractivity contribution in [2.75, 3.05) is 28.1 Å². The van der Waals surface area contributed by atoms with Crippen LogP contribution in [0.1, 0.15) is 73.1 Å². The number of allylic oxidation sites excluding steroid dienone is 3. The number of fused-ring (bicyclic) bond motifs is 5. The minimum absolute atomic E-state index is 0.00118. The SMILES string of the molecule is COCOC(C)(C)C(=O)/C=C/C(C)(O)[C@H]1CC[C@H]2C3=CC=C4C[C@@H](OC(=O)OC)C[C@H](OC(=O)OC)[C@]4(C)[C@H]3CC[C@]12C. The monoisotopic (exact) mass is 604 g/mol. The van der Waals surface area contributed by atoms with Crippen molar-refractivity contribution in [1.82, 2.24) is 0 Å². The maximum Gasteiger partial charge on any atom is 0.508 e. The van der Waals surface area contributed by atoms with Crippen LogP contribution < -0.4 is 0 Å². The van der Waals surface area contributed by atoms with E-state index in [1.165, 1.54) is 33.0 Å². The number of carbonyl (C=O) groups is 3. The summed E-state index contributed by atoms with van der Waals surface area (Å²) in [7, 11) is 4.05. The first kappa shape index (κ1) is 33.2. The zero-order chi connectivity index (χ0) is 31.8. The summed E-state index contributed by atoms with van der Waals surface area (Å²) in [5.41, 5.74) is -0.607. The standard InChI is InChI=1S/C33H48O10/c1-30(2,41-19-38-6)26(34)14-16-32(4,37)25-12-11-23-22-10-9-20-17-21(42-28(35)39-7)18-27(43-29(36)40-8)33(20,5)24(22)13-15-31(23,25)3/h9-10,14,16,21,23-25,27,37H,11-13,15,17-19H2,1-8H3/b16-14+/t21-,23+,24+,25+,27+,31+,32?,33+/m1/s1. The normalized spacial score (nSPS) is 35.0. The highest BCUT2D eigenvalue weighted by molar-refractivity contribution is 5.96. The fraction of sp³-hybridized carbons (Fsp3) is 0.727. The fourth-order valence-electron chi connectivity index (χ4n) is 8.41. The van der Waals surface area contributed by atoms with E-state index in [-0.39, 0.29) is 35.7 Å². The summed E-state index contributed by atoms with van der Waals surface area (Å²) in [5, 5.41) is 11.8. The van der Waals surface area contributed by atoms with Gasteiger partial charge in [-0.3, -0.25) is 4.79 Å². The Hall–Kier alpha value is -2.69. The van der Waals surface area contributed by atoms with Crippen LogP contribution in [-0.4, -0.2) is 74.7 Å². The van der Waals surface area contributed by atoms with Gasteiger partial charge in [0.1, 0.15) is 24.6 Å². The summed E-state index contributed by atoms with van der Waals surface area (Å²) in [6.45, 7) is 9.57. The molecule has 4 aliphatic carbocycles. The first-order chi connectivity index (χ1) is 20.1. The molecule has 0 aliphatic heterocycles. The maximum absolute atomic E-state index is 12.9. The minimum Gasteiger partial charge on any atom is -0.438 e. The molecule has 3 saturated carbocycles. The Morgan fingerprint density at radius 2 is 1.65 bits per heavy atom. The van der Waals surface area contributed by atoms with Crippen molar-refractivity contribution >= 4 is 18.1 Å². The van der Waals surface area contributed by atoms with Crippen LogP contribution in [0, 0.1) is 28.6 Å². The van der Waals surface area contributed by atoms with Gasteiger partial charge in [-0.2, -0.15) is 0 Å². The molecule has 0 amide bonds. The van der Waals surface area contributed by atoms with Gasteiger partial charge in [0.2, 0.25) is 0 Å². The molecule has 4 aliphatic rings. The quantitative estimate of drug-likeness (QED) is 0.200. The largest absolute Gasteiger partial charge is 0.508 e. The van der Waals surface area contributed by atoms with E-state index in [9.17, 15) is 19.5 Å². The topological polar surface area (TPSA) is 127 Å². The number of ketones is 1. The van der Waals surface area contributed by atoms with Gasteiger partial charge in [0.05, 0.1) is 19.8 Å². The van der Waals surface area contributed by atoms with Crippen molar-refractivity contribution in [3.05, 3.63) is 35.5 Å². The molecule has 0 aromatic heterocycles. The highest BCUT2D eigenvalue weighted by Crippen LogP contribution is 2.66. The lowest BCUT2D eigenvalue weighted by Gasteiger charge is -2.57. The molecule has 3 fully saturated rings. The van der Waals surface area contributed by atoms with E-state index in [4.69, 9.17) is 28.4 Å². The number of carbonyl (C=O) groups excluding carboxylic acids is 3. The number of rotatable bonds is 9. The Morgan fingerprint density at radius 3 is 2.30 bits per heavy atom. The predicted molar refractivity (Wildman–Crippen MR) is 157 cm³/mol. The molecular weight excluding hydrogens is 556 g/mol. The van der Waals surface area contributed by atoms with Crippen LogP contribution in [0.15, 0.2) is 35.5 Å². The van der Waals surface area contributed by atoms with Gasteiger partial charge in [0.25, 0.3) is 0 Å². The first-order valence-corrected chi connectivity index (χ1v) is 15.1. The van der Waals surface area contributed by atoms with Crippen molar-refractivity contribution in [3.8, 4) is 0 Å². The Bertz CT molecular complexity index is 1180. The average Bonchev–Trinajstić information content (AvgIpc) is 3.33. The fourth-order valence-corrected chi connectivity index (χ4v) is 8.41. The summed E-state index contributed by atoms with van der Waals surface area (Å²) in [5.74, 6) is 0.0187. The van der Waals surface area contributed by atoms with Gasteiger partial charge < -0.3 is 33.5 Å². The number of hydrogen-bond donors (Lipinski definition) is 1. The number of hydrogen-bond acceptors (Lipinski definition) is 10. The van der Waals surface area contributed by atoms with Gasteiger partial charge in [0.15, 0.2) is 5.78 Å². The van der Waals surface area contributed by atoms with E-state index >= 15 is 0 Å². The lowest BCUT2D eigenvalue weighted by atomic mass is 9.49. The summed E-state index contributed by atoms with van der Waals surface area (Å²) in [6.07, 6.45) is 9.06. The second-order valence-electron chi connectivity index (χ2n) is 13.6. The van der Waals surface area contributed by atoms with Gasteiger partial charge in [-0.05, 0) is 81.8 Å². The van der Waals surface area contributed by atoms with Crippen molar-refractivity contribution in [2.24, 2.45) is 28.6 Å². The molecule has 10 heteroatoms. The maximum atomic E-state index is 12.9. The molecular formula is C33H48O10. The van der Waals surface area contributed by atoms with E-state index < -0.39 is 41.1 Å². The molecule has 10 nitrogen and oxygen atoms in total. The molecule has 240 valence electrons. The molecule has 43 heavy (non-hydrogen) atoms. The molecule has 1 unspecified atom stereocenters. The summed E-state index contributed by atoms with van der Waals surface area (Å²) >= 11 is 0. The van der Waals surface area contributed by atoms with Gasteiger partial charge in [-0.25, -0.2) is 9.59 Å². The van der Waals surface area contributed by atoms with Crippen molar-refractivity contribution < 1.29 is 47.9 Å². The van der Waals surface area contributed by atoms with Crippen LogP contribution >= 0.6 is 0 Å². The minimum atomic E-state index is -1.21. The van der Waals surface area contributed by atoms with E-state index in [1.54, 1.807) is 26.8 Å². The van der Waals surface area contributed by atoms with Crippen LogP contribution in [-0.2, 0) is 33.2 Å². The molecule has 0 heterocycles. The Morgan fingerprint density at radius 1 is 0.977 bits per heavy atom. The van der Waals surface area contributed by atoms with Gasteiger partial charge in [0, 0.05) is 25.4 Å². The van der Waals surface area contributed by atoms with Crippen molar-refractivity contribution in [1.29, 1.82) is 0 Å². The third-order valence-corrected chi connectivity index (χ3v) is 10.8. The van der Waals surface area contributed by atoms with Crippen LogP contribution in [0.2, 0.25) is 0 Å². The second kappa shape index (κ2) is 12.4. The highest BCUT2D eigenvalue weighted by Gasteiger charge is 2.61. The van der Waals surface area contributed by atoms with E-state index in [1.807, 2.05) is 0 Å². The predicted octanol–water partition coefficient (Wildman–Crippen LogP) is 5.67. The lowest BCUT2D eigenvalue weighted by molar-refractivity contribution is -0.151. The second-order valence-corrected chi connectivity index (χ2v) is 13.6. The van der Waals surface area contributed by atoms with E-state index in [2.05, 4.69) is 26.0 Å². The third-order valence-electron chi connectivity index (χ3n) is 10.8. The molecule has 0 spiro atoms. The Balaban J connectivity index is 1.61. The van der Waals surface area contributed by atoms with E-state index in [0.29, 0.717) is 12.8 Å². The van der Waals surface area contributed by atoms with Gasteiger partial charge in [-0.1, -0.05) is 37.1 Å². The van der Waals surface area contributed by atoms with Gasteiger partial charge >= 0.3 is 12.3 Å². The highest BCUT2D eigenvalue weighted by atomic mass is 16.7. The van der Waals surface area contributed by atoms with Gasteiger partial charge in [-0.15, -0.1) is 0 Å². The molecule has 0 bridgehead atoms. The number of aliphatic hydroxyl groups is 1. The molecule has 0 radical (unpaired) electrons. The smallest absolute Gasteiger partial charge is 0.438 e. The van der Waals surface area contributed by atoms with Crippen LogP contribution in [0.4, 0.5) is 9.59 Å². The van der Waals surface area contributed by atoms with Crippen LogP contribution in [0.25, 0.3) is 0 Å². The van der Waals surface area contributed by atoms with Crippen molar-refractivity contribution in [3.63, 3.8) is 0 Å². The number of methoxy groups -OCH3 is 3. The Kier molecular flexibility index (Phi) is 9.55. The Labute approximate surface area is 254 Å². The van der Waals surface area contributed by atoms with Crippen LogP contribution in [0.5, 0.6) is 0 Å². The molecule has 8 atom stereocenters. The average molecular weight is 605 g/mol.